The highest BCUT2D eigenvalue weighted by Crippen LogP contribution is 2.40. The minimum atomic E-state index is -0.263. The first-order chi connectivity index (χ1) is 5.81. The van der Waals surface area contributed by atoms with E-state index in [1.165, 1.54) is 7.11 Å². The number of rotatable bonds is 1. The van der Waals surface area contributed by atoms with E-state index < -0.39 is 0 Å². The van der Waals surface area contributed by atoms with Crippen LogP contribution in [0.25, 0.3) is 0 Å². The molecule has 1 saturated heterocycles. The summed E-state index contributed by atoms with van der Waals surface area (Å²) in [5.41, 5.74) is 1.11. The quantitative estimate of drug-likeness (QED) is 0.333. The van der Waals surface area contributed by atoms with Crippen LogP contribution in [0.4, 0.5) is 0 Å². The summed E-state index contributed by atoms with van der Waals surface area (Å²) in [5, 5.41) is 0. The smallest absolute Gasteiger partial charge is 0.330 e. The SMILES string of the molecule is COC(=O)C=C1CCCC2OC12. The van der Waals surface area contributed by atoms with E-state index in [1.807, 2.05) is 0 Å². The summed E-state index contributed by atoms with van der Waals surface area (Å²) in [6.07, 6.45) is 5.46. The molecule has 12 heavy (non-hydrogen) atoms. The summed E-state index contributed by atoms with van der Waals surface area (Å²) in [7, 11) is 1.40. The standard InChI is InChI=1S/C9H12O3/c1-11-8(10)5-6-3-2-4-7-9(6)12-7/h5,7,9H,2-4H2,1H3. The van der Waals surface area contributed by atoms with Gasteiger partial charge in [-0.15, -0.1) is 0 Å². The molecule has 0 spiro atoms. The van der Waals surface area contributed by atoms with Crippen LogP contribution >= 0.6 is 0 Å². The van der Waals surface area contributed by atoms with Gasteiger partial charge >= 0.3 is 5.97 Å². The molecule has 0 amide bonds. The normalized spacial score (nSPS) is 35.9. The van der Waals surface area contributed by atoms with Gasteiger partial charge in [0.2, 0.25) is 0 Å². The third-order valence-electron chi connectivity index (χ3n) is 2.41. The van der Waals surface area contributed by atoms with E-state index >= 15 is 0 Å². The van der Waals surface area contributed by atoms with Crippen LogP contribution in [0, 0.1) is 0 Å². The minimum Gasteiger partial charge on any atom is -0.466 e. The Morgan fingerprint density at radius 2 is 2.58 bits per heavy atom. The molecule has 1 heterocycles. The molecule has 2 aliphatic rings. The molecule has 1 aliphatic carbocycles. The van der Waals surface area contributed by atoms with Gasteiger partial charge in [0, 0.05) is 6.08 Å². The van der Waals surface area contributed by atoms with E-state index in [0.29, 0.717) is 6.10 Å². The Labute approximate surface area is 71.3 Å². The summed E-state index contributed by atoms with van der Waals surface area (Å²) in [6.45, 7) is 0. The van der Waals surface area contributed by atoms with E-state index in [9.17, 15) is 4.79 Å². The summed E-state index contributed by atoms with van der Waals surface area (Å²) < 4.78 is 9.91. The molecule has 3 heteroatoms. The Morgan fingerprint density at radius 1 is 1.75 bits per heavy atom. The number of esters is 1. The van der Waals surface area contributed by atoms with Crippen LogP contribution in [-0.2, 0) is 14.3 Å². The number of methoxy groups -OCH3 is 1. The van der Waals surface area contributed by atoms with E-state index in [2.05, 4.69) is 4.74 Å². The van der Waals surface area contributed by atoms with Crippen molar-refractivity contribution in [2.45, 2.75) is 31.5 Å². The average molecular weight is 168 g/mol. The lowest BCUT2D eigenvalue weighted by molar-refractivity contribution is -0.134. The fraction of sp³-hybridized carbons (Fsp3) is 0.667. The van der Waals surface area contributed by atoms with Crippen molar-refractivity contribution >= 4 is 5.97 Å². The third-order valence-corrected chi connectivity index (χ3v) is 2.41. The number of carbonyl (C=O) groups excluding carboxylic acids is 1. The molecule has 2 unspecified atom stereocenters. The second-order valence-corrected chi connectivity index (χ2v) is 3.23. The molecular weight excluding hydrogens is 156 g/mol. The summed E-state index contributed by atoms with van der Waals surface area (Å²) in [5.74, 6) is -0.263. The van der Waals surface area contributed by atoms with Crippen LogP contribution in [0.15, 0.2) is 11.6 Å². The zero-order valence-electron chi connectivity index (χ0n) is 7.08. The Kier molecular flexibility index (Phi) is 1.89. The average Bonchev–Trinajstić information content (AvgIpc) is 2.84. The molecular formula is C9H12O3. The van der Waals surface area contributed by atoms with Gasteiger partial charge in [0.05, 0.1) is 13.2 Å². The van der Waals surface area contributed by atoms with Crippen molar-refractivity contribution in [2.24, 2.45) is 0 Å². The van der Waals surface area contributed by atoms with Crippen molar-refractivity contribution in [3.05, 3.63) is 11.6 Å². The predicted octanol–water partition coefficient (Wildman–Crippen LogP) is 1.04. The first kappa shape index (κ1) is 7.80. The summed E-state index contributed by atoms with van der Waals surface area (Å²) in [6, 6.07) is 0. The Hall–Kier alpha value is -0.830. The predicted molar refractivity (Wildman–Crippen MR) is 42.6 cm³/mol. The molecule has 0 aromatic heterocycles. The molecule has 0 bridgehead atoms. The van der Waals surface area contributed by atoms with Crippen LogP contribution in [0.1, 0.15) is 19.3 Å². The second-order valence-electron chi connectivity index (χ2n) is 3.23. The van der Waals surface area contributed by atoms with Crippen LogP contribution in [0.2, 0.25) is 0 Å². The van der Waals surface area contributed by atoms with E-state index in [4.69, 9.17) is 4.74 Å². The number of hydrogen-bond donors (Lipinski definition) is 0. The zero-order valence-corrected chi connectivity index (χ0v) is 7.08. The Bertz CT molecular complexity index is 232. The first-order valence-electron chi connectivity index (χ1n) is 4.25. The largest absolute Gasteiger partial charge is 0.466 e. The van der Waals surface area contributed by atoms with Gasteiger partial charge < -0.3 is 9.47 Å². The van der Waals surface area contributed by atoms with Gasteiger partial charge in [-0.05, 0) is 24.8 Å². The van der Waals surface area contributed by atoms with Crippen molar-refractivity contribution in [1.29, 1.82) is 0 Å². The molecule has 66 valence electrons. The lowest BCUT2D eigenvalue weighted by Crippen LogP contribution is -2.08. The van der Waals surface area contributed by atoms with Crippen LogP contribution in [-0.4, -0.2) is 25.3 Å². The molecule has 0 aromatic carbocycles. The summed E-state index contributed by atoms with van der Waals surface area (Å²) in [4.78, 5) is 10.9. The zero-order chi connectivity index (χ0) is 8.55. The monoisotopic (exact) mass is 168 g/mol. The minimum absolute atomic E-state index is 0.234. The highest BCUT2D eigenvalue weighted by Gasteiger charge is 2.43. The first-order valence-corrected chi connectivity index (χ1v) is 4.25. The highest BCUT2D eigenvalue weighted by molar-refractivity contribution is 5.83. The lowest BCUT2D eigenvalue weighted by atomic mass is 9.95. The van der Waals surface area contributed by atoms with Gasteiger partial charge in [0.1, 0.15) is 6.10 Å². The number of epoxide rings is 1. The molecule has 0 radical (unpaired) electrons. The molecule has 3 nitrogen and oxygen atoms in total. The van der Waals surface area contributed by atoms with Gasteiger partial charge in [-0.2, -0.15) is 0 Å². The molecule has 1 aliphatic heterocycles. The molecule has 2 rings (SSSR count). The molecule has 2 atom stereocenters. The number of ether oxygens (including phenoxy) is 2. The van der Waals surface area contributed by atoms with Gasteiger partial charge in [-0.3, -0.25) is 0 Å². The van der Waals surface area contributed by atoms with Crippen molar-refractivity contribution in [2.75, 3.05) is 7.11 Å². The Morgan fingerprint density at radius 3 is 3.33 bits per heavy atom. The fourth-order valence-electron chi connectivity index (χ4n) is 1.70. The van der Waals surface area contributed by atoms with Crippen molar-refractivity contribution in [3.8, 4) is 0 Å². The van der Waals surface area contributed by atoms with Gasteiger partial charge in [-0.1, -0.05) is 0 Å². The number of fused-ring (bicyclic) bond motifs is 1. The molecule has 0 N–H and O–H groups in total. The second kappa shape index (κ2) is 2.90. The van der Waals surface area contributed by atoms with Crippen LogP contribution < -0.4 is 0 Å². The van der Waals surface area contributed by atoms with E-state index in [1.54, 1.807) is 6.08 Å². The number of carbonyl (C=O) groups is 1. The molecule has 0 aromatic rings. The van der Waals surface area contributed by atoms with Crippen molar-refractivity contribution < 1.29 is 14.3 Å². The van der Waals surface area contributed by atoms with Gasteiger partial charge in [0.25, 0.3) is 0 Å². The lowest BCUT2D eigenvalue weighted by Gasteiger charge is -2.07. The van der Waals surface area contributed by atoms with Crippen LogP contribution in [0.5, 0.6) is 0 Å². The van der Waals surface area contributed by atoms with Crippen molar-refractivity contribution in [3.63, 3.8) is 0 Å². The Balaban J connectivity index is 2.02. The summed E-state index contributed by atoms with van der Waals surface area (Å²) >= 11 is 0. The maximum absolute atomic E-state index is 10.9. The van der Waals surface area contributed by atoms with Crippen LogP contribution in [0.3, 0.4) is 0 Å². The number of hydrogen-bond acceptors (Lipinski definition) is 3. The van der Waals surface area contributed by atoms with Gasteiger partial charge in [-0.25, -0.2) is 4.79 Å². The highest BCUT2D eigenvalue weighted by atomic mass is 16.6. The maximum Gasteiger partial charge on any atom is 0.330 e. The molecule has 1 saturated carbocycles. The fourth-order valence-corrected chi connectivity index (χ4v) is 1.70. The van der Waals surface area contributed by atoms with E-state index in [-0.39, 0.29) is 12.1 Å². The maximum atomic E-state index is 10.9. The van der Waals surface area contributed by atoms with Crippen molar-refractivity contribution in [1.82, 2.24) is 0 Å². The van der Waals surface area contributed by atoms with Gasteiger partial charge in [0.15, 0.2) is 0 Å². The topological polar surface area (TPSA) is 38.8 Å². The third kappa shape index (κ3) is 1.37. The molecule has 2 fully saturated rings. The van der Waals surface area contributed by atoms with E-state index in [0.717, 1.165) is 24.8 Å².